The number of rotatable bonds is 5. The Bertz CT molecular complexity index is 415. The van der Waals surface area contributed by atoms with Gasteiger partial charge in [0.25, 0.3) is 20.2 Å². The molecule has 0 rings (SSSR count). The van der Waals surface area contributed by atoms with Crippen LogP contribution in [0.1, 0.15) is 13.8 Å². The highest BCUT2D eigenvalue weighted by molar-refractivity contribution is 8.04. The molecular formula is C6H12O8S2. The SMILES string of the molecule is CCOC(=O)C(C)C(S(=O)(=O)O)S(=O)(=O)O. The fraction of sp³-hybridized carbons (Fsp3) is 0.833. The number of hydrogen-bond acceptors (Lipinski definition) is 6. The van der Waals surface area contributed by atoms with Gasteiger partial charge in [-0.1, -0.05) is 0 Å². The molecule has 2 N–H and O–H groups in total. The summed E-state index contributed by atoms with van der Waals surface area (Å²) in [5.74, 6) is -2.88. The molecule has 1 unspecified atom stereocenters. The molecule has 0 aliphatic carbocycles. The molecule has 8 nitrogen and oxygen atoms in total. The molecule has 0 aliphatic rings. The van der Waals surface area contributed by atoms with Crippen LogP contribution in [0.3, 0.4) is 0 Å². The first-order chi connectivity index (χ1) is 7.01. The highest BCUT2D eigenvalue weighted by atomic mass is 32.3. The van der Waals surface area contributed by atoms with E-state index in [-0.39, 0.29) is 6.61 Å². The first kappa shape index (κ1) is 15.3. The lowest BCUT2D eigenvalue weighted by Crippen LogP contribution is -2.40. The second-order valence-electron chi connectivity index (χ2n) is 2.94. The van der Waals surface area contributed by atoms with Crippen molar-refractivity contribution in [3.63, 3.8) is 0 Å². The van der Waals surface area contributed by atoms with Crippen molar-refractivity contribution in [2.75, 3.05) is 6.61 Å². The molecule has 0 spiro atoms. The number of esters is 1. The van der Waals surface area contributed by atoms with E-state index in [9.17, 15) is 21.6 Å². The van der Waals surface area contributed by atoms with E-state index in [2.05, 4.69) is 4.74 Å². The van der Waals surface area contributed by atoms with Gasteiger partial charge < -0.3 is 4.74 Å². The minimum absolute atomic E-state index is 0.0904. The molecule has 0 fully saturated rings. The zero-order valence-electron chi connectivity index (χ0n) is 8.52. The van der Waals surface area contributed by atoms with Crippen molar-refractivity contribution >= 4 is 26.2 Å². The Morgan fingerprint density at radius 3 is 1.81 bits per heavy atom. The van der Waals surface area contributed by atoms with Crippen LogP contribution in [-0.2, 0) is 29.8 Å². The lowest BCUT2D eigenvalue weighted by atomic mass is 10.2. The summed E-state index contributed by atoms with van der Waals surface area (Å²) in [6.45, 7) is 2.25. The second-order valence-corrected chi connectivity index (χ2v) is 6.31. The quantitative estimate of drug-likeness (QED) is 0.496. The smallest absolute Gasteiger partial charge is 0.311 e. The zero-order valence-corrected chi connectivity index (χ0v) is 10.2. The summed E-state index contributed by atoms with van der Waals surface area (Å²) in [5, 5.41) is 0. The number of ether oxygens (including phenoxy) is 1. The summed E-state index contributed by atoms with van der Waals surface area (Å²) in [6, 6.07) is 0. The van der Waals surface area contributed by atoms with Gasteiger partial charge in [-0.25, -0.2) is 0 Å². The molecule has 16 heavy (non-hydrogen) atoms. The maximum absolute atomic E-state index is 11.1. The van der Waals surface area contributed by atoms with E-state index >= 15 is 0 Å². The normalized spacial score (nSPS) is 14.8. The van der Waals surface area contributed by atoms with Gasteiger partial charge in [0.1, 0.15) is 0 Å². The Balaban J connectivity index is 5.33. The van der Waals surface area contributed by atoms with E-state index in [1.54, 1.807) is 0 Å². The Morgan fingerprint density at radius 1 is 1.19 bits per heavy atom. The second kappa shape index (κ2) is 5.08. The first-order valence-electron chi connectivity index (χ1n) is 4.11. The Labute approximate surface area is 93.1 Å². The molecule has 0 aromatic heterocycles. The zero-order chi connectivity index (χ0) is 13.1. The average molecular weight is 276 g/mol. The third kappa shape index (κ3) is 4.04. The van der Waals surface area contributed by atoms with Crippen LogP contribution >= 0.6 is 0 Å². The van der Waals surface area contributed by atoms with E-state index < -0.39 is 36.7 Å². The van der Waals surface area contributed by atoms with Gasteiger partial charge >= 0.3 is 5.97 Å². The predicted molar refractivity (Wildman–Crippen MR) is 52.7 cm³/mol. The molecule has 0 bridgehead atoms. The maximum Gasteiger partial charge on any atom is 0.311 e. The summed E-state index contributed by atoms with van der Waals surface area (Å²) in [5.41, 5.74) is 0. The fourth-order valence-electron chi connectivity index (χ4n) is 1.05. The molecule has 10 heteroatoms. The third-order valence-corrected chi connectivity index (χ3v) is 5.10. The Hall–Kier alpha value is -0.710. The van der Waals surface area contributed by atoms with Crippen molar-refractivity contribution in [1.82, 2.24) is 0 Å². The van der Waals surface area contributed by atoms with Crippen LogP contribution in [-0.4, -0.2) is 43.1 Å². The summed E-state index contributed by atoms with van der Waals surface area (Å²) < 4.78 is 61.9. The lowest BCUT2D eigenvalue weighted by Gasteiger charge is -2.16. The van der Waals surface area contributed by atoms with Gasteiger partial charge in [0.05, 0.1) is 12.5 Å². The summed E-state index contributed by atoms with van der Waals surface area (Å²) >= 11 is 0. The first-order valence-corrected chi connectivity index (χ1v) is 7.11. The fourth-order valence-corrected chi connectivity index (χ4v) is 3.54. The number of carbonyl (C=O) groups is 1. The number of carbonyl (C=O) groups excluding carboxylic acids is 1. The average Bonchev–Trinajstić information content (AvgIpc) is 1.98. The van der Waals surface area contributed by atoms with E-state index in [0.717, 1.165) is 6.92 Å². The molecule has 0 heterocycles. The van der Waals surface area contributed by atoms with Crippen molar-refractivity contribution < 1.29 is 35.5 Å². The van der Waals surface area contributed by atoms with Gasteiger partial charge in [-0.3, -0.25) is 13.9 Å². The van der Waals surface area contributed by atoms with E-state index in [4.69, 9.17) is 9.11 Å². The van der Waals surface area contributed by atoms with Crippen LogP contribution < -0.4 is 0 Å². The molecule has 0 aliphatic heterocycles. The minimum Gasteiger partial charge on any atom is -0.466 e. The van der Waals surface area contributed by atoms with Crippen molar-refractivity contribution in [1.29, 1.82) is 0 Å². The van der Waals surface area contributed by atoms with Crippen molar-refractivity contribution in [3.05, 3.63) is 0 Å². The summed E-state index contributed by atoms with van der Waals surface area (Å²) in [7, 11) is -10.2. The van der Waals surface area contributed by atoms with Crippen LogP contribution in [0.5, 0.6) is 0 Å². The molecule has 96 valence electrons. The van der Waals surface area contributed by atoms with Gasteiger partial charge in [0.2, 0.25) is 4.58 Å². The largest absolute Gasteiger partial charge is 0.466 e. The lowest BCUT2D eigenvalue weighted by molar-refractivity contribution is -0.147. The Morgan fingerprint density at radius 2 is 1.56 bits per heavy atom. The van der Waals surface area contributed by atoms with Crippen LogP contribution in [0.15, 0.2) is 0 Å². The molecular weight excluding hydrogens is 264 g/mol. The van der Waals surface area contributed by atoms with Crippen molar-refractivity contribution in [2.24, 2.45) is 5.92 Å². The standard InChI is InChI=1S/C6H12O8S2/c1-3-14-5(7)4(2)6(15(8,9)10)16(11,12)13/h4,6H,3H2,1-2H3,(H,8,9,10)(H,11,12,13). The third-order valence-electron chi connectivity index (χ3n) is 1.65. The van der Waals surface area contributed by atoms with Crippen LogP contribution in [0.2, 0.25) is 0 Å². The molecule has 1 atom stereocenters. The molecule has 0 amide bonds. The van der Waals surface area contributed by atoms with Gasteiger partial charge in [0.15, 0.2) is 0 Å². The van der Waals surface area contributed by atoms with E-state index in [0.29, 0.717) is 0 Å². The molecule has 0 aromatic rings. The monoisotopic (exact) mass is 276 g/mol. The summed E-state index contributed by atoms with van der Waals surface area (Å²) in [4.78, 5) is 11.1. The molecule has 0 radical (unpaired) electrons. The predicted octanol–water partition coefficient (Wildman–Crippen LogP) is -0.713. The van der Waals surface area contributed by atoms with Gasteiger partial charge in [-0.15, -0.1) is 0 Å². The number of hydrogen-bond donors (Lipinski definition) is 2. The van der Waals surface area contributed by atoms with E-state index in [1.807, 2.05) is 0 Å². The van der Waals surface area contributed by atoms with Gasteiger partial charge in [-0.05, 0) is 13.8 Å². The Kier molecular flexibility index (Phi) is 4.85. The highest BCUT2D eigenvalue weighted by Gasteiger charge is 2.44. The van der Waals surface area contributed by atoms with Crippen molar-refractivity contribution in [2.45, 2.75) is 18.4 Å². The van der Waals surface area contributed by atoms with Gasteiger partial charge in [0, 0.05) is 0 Å². The van der Waals surface area contributed by atoms with Crippen LogP contribution in [0.4, 0.5) is 0 Å². The van der Waals surface area contributed by atoms with Crippen LogP contribution in [0.25, 0.3) is 0 Å². The molecule has 0 aromatic carbocycles. The summed E-state index contributed by atoms with van der Waals surface area (Å²) in [6.07, 6.45) is 0. The topological polar surface area (TPSA) is 135 Å². The highest BCUT2D eigenvalue weighted by Crippen LogP contribution is 2.18. The van der Waals surface area contributed by atoms with Crippen LogP contribution in [0, 0.1) is 5.92 Å². The molecule has 0 saturated heterocycles. The maximum atomic E-state index is 11.1. The van der Waals surface area contributed by atoms with Crippen molar-refractivity contribution in [3.8, 4) is 0 Å². The molecule has 0 saturated carbocycles. The van der Waals surface area contributed by atoms with E-state index in [1.165, 1.54) is 6.92 Å². The van der Waals surface area contributed by atoms with Gasteiger partial charge in [-0.2, -0.15) is 16.8 Å². The minimum atomic E-state index is -5.12.